The lowest BCUT2D eigenvalue weighted by molar-refractivity contribution is -0.153. The summed E-state index contributed by atoms with van der Waals surface area (Å²) in [5.41, 5.74) is 0.655. The number of carbonyl (C=O) groups excluding carboxylic acids is 3. The molecule has 154 valence electrons. The third-order valence-electron chi connectivity index (χ3n) is 3.73. The summed E-state index contributed by atoms with van der Waals surface area (Å²) in [6, 6.07) is 12.9. The van der Waals surface area contributed by atoms with E-state index in [1.54, 1.807) is 18.2 Å². The first kappa shape index (κ1) is 22.2. The fraction of sp³-hybridized carbons (Fsp3) is 0.250. The Morgan fingerprint density at radius 2 is 1.76 bits per heavy atom. The molecule has 2 rings (SSSR count). The van der Waals surface area contributed by atoms with Crippen molar-refractivity contribution in [2.24, 2.45) is 0 Å². The van der Waals surface area contributed by atoms with Crippen molar-refractivity contribution in [3.05, 3.63) is 54.3 Å². The van der Waals surface area contributed by atoms with Crippen LogP contribution in [0, 0.1) is 5.82 Å². The molecule has 0 unspecified atom stereocenters. The molecule has 0 aliphatic carbocycles. The van der Waals surface area contributed by atoms with Gasteiger partial charge in [-0.3, -0.25) is 9.59 Å². The molecular weight excluding hydrogens is 399 g/mol. The van der Waals surface area contributed by atoms with Crippen LogP contribution in [-0.4, -0.2) is 55.7 Å². The lowest BCUT2D eigenvalue weighted by Crippen LogP contribution is -2.37. The molecule has 0 aromatic heterocycles. The first-order chi connectivity index (χ1) is 13.9. The summed E-state index contributed by atoms with van der Waals surface area (Å²) >= 11 is 1.49. The summed E-state index contributed by atoms with van der Waals surface area (Å²) in [5, 5.41) is 2.74. The average Bonchev–Trinajstić information content (AvgIpc) is 2.71. The van der Waals surface area contributed by atoms with Gasteiger partial charge in [-0.05, 0) is 30.5 Å². The second-order valence-electron chi connectivity index (χ2n) is 5.88. The van der Waals surface area contributed by atoms with E-state index in [-0.39, 0.29) is 18.2 Å². The van der Waals surface area contributed by atoms with Gasteiger partial charge in [0.15, 0.2) is 24.8 Å². The number of esters is 1. The SMILES string of the molecule is CSc1ccccc1NC(=O)CN(C)C(=O)COC(=O)COc1ccccc1F. The Balaban J connectivity index is 1.74. The minimum Gasteiger partial charge on any atom is -0.479 e. The Bertz CT molecular complexity index is 877. The van der Waals surface area contributed by atoms with Crippen molar-refractivity contribution >= 4 is 35.2 Å². The quantitative estimate of drug-likeness (QED) is 0.496. The molecule has 7 nitrogen and oxygen atoms in total. The van der Waals surface area contributed by atoms with E-state index in [0.29, 0.717) is 5.69 Å². The average molecular weight is 420 g/mol. The van der Waals surface area contributed by atoms with E-state index in [1.807, 2.05) is 18.4 Å². The van der Waals surface area contributed by atoms with Crippen molar-refractivity contribution in [1.82, 2.24) is 4.90 Å². The lowest BCUT2D eigenvalue weighted by Gasteiger charge is -2.17. The fourth-order valence-electron chi connectivity index (χ4n) is 2.23. The van der Waals surface area contributed by atoms with Crippen LogP contribution in [0.15, 0.2) is 53.4 Å². The summed E-state index contributed by atoms with van der Waals surface area (Å²) in [4.78, 5) is 37.9. The van der Waals surface area contributed by atoms with Crippen molar-refractivity contribution in [1.29, 1.82) is 0 Å². The highest BCUT2D eigenvalue weighted by molar-refractivity contribution is 7.98. The summed E-state index contributed by atoms with van der Waals surface area (Å²) in [6.07, 6.45) is 1.89. The van der Waals surface area contributed by atoms with Crippen LogP contribution in [0.1, 0.15) is 0 Å². The molecule has 0 fully saturated rings. The Labute approximate surface area is 172 Å². The number of benzene rings is 2. The van der Waals surface area contributed by atoms with Crippen LogP contribution in [0.5, 0.6) is 5.75 Å². The van der Waals surface area contributed by atoms with Gasteiger partial charge in [0.25, 0.3) is 5.91 Å². The van der Waals surface area contributed by atoms with Crippen LogP contribution >= 0.6 is 11.8 Å². The maximum Gasteiger partial charge on any atom is 0.344 e. The monoisotopic (exact) mass is 420 g/mol. The molecule has 0 radical (unpaired) electrons. The number of rotatable bonds is 9. The predicted octanol–water partition coefficient (Wildman–Crippen LogP) is 2.57. The third kappa shape index (κ3) is 7.11. The molecule has 2 amide bonds. The molecule has 0 saturated heterocycles. The van der Waals surface area contributed by atoms with Gasteiger partial charge in [-0.1, -0.05) is 24.3 Å². The maximum atomic E-state index is 13.4. The van der Waals surface area contributed by atoms with Gasteiger partial charge in [-0.2, -0.15) is 0 Å². The normalized spacial score (nSPS) is 10.2. The third-order valence-corrected chi connectivity index (χ3v) is 4.52. The van der Waals surface area contributed by atoms with Crippen LogP contribution in [0.3, 0.4) is 0 Å². The highest BCUT2D eigenvalue weighted by atomic mass is 32.2. The molecule has 0 aliphatic heterocycles. The van der Waals surface area contributed by atoms with Crippen LogP contribution in [-0.2, 0) is 19.1 Å². The van der Waals surface area contributed by atoms with Gasteiger partial charge in [0.1, 0.15) is 0 Å². The van der Waals surface area contributed by atoms with E-state index in [4.69, 9.17) is 9.47 Å². The zero-order chi connectivity index (χ0) is 21.2. The van der Waals surface area contributed by atoms with Gasteiger partial charge < -0.3 is 19.7 Å². The van der Waals surface area contributed by atoms with Gasteiger partial charge in [-0.15, -0.1) is 11.8 Å². The van der Waals surface area contributed by atoms with Crippen molar-refractivity contribution in [2.75, 3.05) is 38.4 Å². The first-order valence-corrected chi connectivity index (χ1v) is 9.83. The van der Waals surface area contributed by atoms with Crippen LogP contribution in [0.2, 0.25) is 0 Å². The summed E-state index contributed by atoms with van der Waals surface area (Å²) in [6.45, 7) is -1.29. The number of carbonyl (C=O) groups is 3. The molecule has 2 aromatic rings. The molecular formula is C20H21FN2O5S. The van der Waals surface area contributed by atoms with Crippen LogP contribution in [0.4, 0.5) is 10.1 Å². The number of amides is 2. The number of thioether (sulfide) groups is 1. The molecule has 9 heteroatoms. The molecule has 2 aromatic carbocycles. The molecule has 0 heterocycles. The Kier molecular flexibility index (Phi) is 8.47. The smallest absolute Gasteiger partial charge is 0.344 e. The minimum absolute atomic E-state index is 0.0879. The second-order valence-corrected chi connectivity index (χ2v) is 6.73. The van der Waals surface area contributed by atoms with E-state index < -0.39 is 30.9 Å². The van der Waals surface area contributed by atoms with Crippen LogP contribution in [0.25, 0.3) is 0 Å². The minimum atomic E-state index is -0.826. The van der Waals surface area contributed by atoms with Crippen LogP contribution < -0.4 is 10.1 Å². The summed E-state index contributed by atoms with van der Waals surface area (Å²) < 4.78 is 23.2. The lowest BCUT2D eigenvalue weighted by atomic mass is 10.3. The van der Waals surface area contributed by atoms with Gasteiger partial charge in [0.05, 0.1) is 12.2 Å². The van der Waals surface area contributed by atoms with E-state index in [0.717, 1.165) is 9.80 Å². The maximum absolute atomic E-state index is 13.4. The Morgan fingerprint density at radius 3 is 2.48 bits per heavy atom. The van der Waals surface area contributed by atoms with E-state index in [9.17, 15) is 18.8 Å². The molecule has 0 saturated carbocycles. The zero-order valence-electron chi connectivity index (χ0n) is 16.0. The predicted molar refractivity (Wildman–Crippen MR) is 107 cm³/mol. The number of hydrogen-bond donors (Lipinski definition) is 1. The molecule has 0 spiro atoms. The molecule has 0 atom stereocenters. The molecule has 0 aliphatic rings. The van der Waals surface area contributed by atoms with E-state index >= 15 is 0 Å². The molecule has 29 heavy (non-hydrogen) atoms. The van der Waals surface area contributed by atoms with Crippen molar-refractivity contribution < 1.29 is 28.2 Å². The number of anilines is 1. The highest BCUT2D eigenvalue weighted by Crippen LogP contribution is 2.24. The molecule has 1 N–H and O–H groups in total. The summed E-state index contributed by atoms with van der Waals surface area (Å²) in [7, 11) is 1.42. The van der Waals surface area contributed by atoms with Crippen molar-refractivity contribution in [3.63, 3.8) is 0 Å². The number of para-hydroxylation sites is 2. The van der Waals surface area contributed by atoms with E-state index in [1.165, 1.54) is 37.0 Å². The van der Waals surface area contributed by atoms with Gasteiger partial charge in [0.2, 0.25) is 5.91 Å². The Morgan fingerprint density at radius 1 is 1.07 bits per heavy atom. The van der Waals surface area contributed by atoms with Gasteiger partial charge in [0, 0.05) is 11.9 Å². The number of halogens is 1. The van der Waals surface area contributed by atoms with Crippen molar-refractivity contribution in [3.8, 4) is 5.75 Å². The number of nitrogens with one attached hydrogen (secondary N) is 1. The number of likely N-dealkylation sites (N-methyl/N-ethyl adjacent to an activating group) is 1. The number of ether oxygens (including phenoxy) is 2. The highest BCUT2D eigenvalue weighted by Gasteiger charge is 2.16. The standard InChI is InChI=1S/C20H21FN2O5S/c1-23(11-18(24)22-15-8-4-6-10-17(15)29-2)19(25)12-28-20(26)13-27-16-9-5-3-7-14(16)21/h3-10H,11-13H2,1-2H3,(H,22,24). The first-order valence-electron chi connectivity index (χ1n) is 8.60. The molecule has 0 bridgehead atoms. The van der Waals surface area contributed by atoms with E-state index in [2.05, 4.69) is 5.32 Å². The fourth-order valence-corrected chi connectivity index (χ4v) is 2.79. The Hall–Kier alpha value is -3.07. The largest absolute Gasteiger partial charge is 0.479 e. The summed E-state index contributed by atoms with van der Waals surface area (Å²) in [5.74, 6) is -2.46. The second kappa shape index (κ2) is 11.1. The van der Waals surface area contributed by atoms with Gasteiger partial charge in [-0.25, -0.2) is 9.18 Å². The topological polar surface area (TPSA) is 84.9 Å². The van der Waals surface area contributed by atoms with Crippen molar-refractivity contribution in [2.45, 2.75) is 4.90 Å². The van der Waals surface area contributed by atoms with Gasteiger partial charge >= 0.3 is 5.97 Å². The zero-order valence-corrected chi connectivity index (χ0v) is 16.8. The number of hydrogen-bond acceptors (Lipinski definition) is 6. The number of nitrogens with zero attached hydrogens (tertiary/aromatic N) is 1.